The van der Waals surface area contributed by atoms with Gasteiger partial charge in [0.1, 0.15) is 0 Å². The van der Waals surface area contributed by atoms with Crippen molar-refractivity contribution in [1.82, 2.24) is 4.72 Å². The van der Waals surface area contributed by atoms with Gasteiger partial charge in [-0.3, -0.25) is 4.79 Å². The first-order chi connectivity index (χ1) is 8.21. The molecule has 0 aromatic heterocycles. The fourth-order valence-corrected chi connectivity index (χ4v) is 3.08. The Balaban J connectivity index is 2.92. The van der Waals surface area contributed by atoms with Crippen LogP contribution < -0.4 is 4.72 Å². The first kappa shape index (κ1) is 15.3. The quantitative estimate of drug-likeness (QED) is 0.930. The molecule has 1 aromatic carbocycles. The summed E-state index contributed by atoms with van der Waals surface area (Å²) >= 11 is 11.5. The Kier molecular flexibility index (Phi) is 5.01. The normalized spacial score (nSPS) is 11.6. The van der Waals surface area contributed by atoms with Crippen LogP contribution in [0.15, 0.2) is 18.2 Å². The van der Waals surface area contributed by atoms with Crippen LogP contribution >= 0.6 is 23.2 Å². The fraction of sp³-hybridized carbons (Fsp3) is 0.364. The van der Waals surface area contributed by atoms with Crippen molar-refractivity contribution < 1.29 is 13.2 Å². The van der Waals surface area contributed by atoms with Gasteiger partial charge >= 0.3 is 0 Å². The number of hydrogen-bond donors (Lipinski definition) is 1. The average Bonchev–Trinajstić information content (AvgIpc) is 2.18. The van der Waals surface area contributed by atoms with Gasteiger partial charge in [-0.25, -0.2) is 13.1 Å². The summed E-state index contributed by atoms with van der Waals surface area (Å²) in [5.41, 5.74) is 0.0384. The lowest BCUT2D eigenvalue weighted by Gasteiger charge is -2.09. The predicted octanol–water partition coefficient (Wildman–Crippen LogP) is 2.71. The molecule has 0 saturated carbocycles. The average molecular weight is 310 g/mol. The number of nitrogens with one attached hydrogen (secondary N) is 1. The summed E-state index contributed by atoms with van der Waals surface area (Å²) in [6.07, 6.45) is 0. The second kappa shape index (κ2) is 5.91. The molecule has 0 saturated heterocycles. The van der Waals surface area contributed by atoms with Crippen molar-refractivity contribution in [2.75, 3.05) is 5.75 Å². The summed E-state index contributed by atoms with van der Waals surface area (Å²) in [6, 6.07) is 4.28. The minimum Gasteiger partial charge on any atom is -0.268 e. The highest BCUT2D eigenvalue weighted by atomic mass is 35.5. The van der Waals surface area contributed by atoms with Crippen molar-refractivity contribution in [3.63, 3.8) is 0 Å². The first-order valence-electron chi connectivity index (χ1n) is 5.21. The lowest BCUT2D eigenvalue weighted by Crippen LogP contribution is -2.34. The van der Waals surface area contributed by atoms with Crippen LogP contribution in [0.4, 0.5) is 0 Å². The summed E-state index contributed by atoms with van der Waals surface area (Å²) in [6.45, 7) is 3.49. The molecule has 0 bridgehead atoms. The second-order valence-corrected chi connectivity index (χ2v) is 6.84. The maximum Gasteiger partial charge on any atom is 0.266 e. The van der Waals surface area contributed by atoms with Crippen molar-refractivity contribution in [3.8, 4) is 0 Å². The van der Waals surface area contributed by atoms with E-state index in [2.05, 4.69) is 0 Å². The van der Waals surface area contributed by atoms with Crippen molar-refractivity contribution in [2.45, 2.75) is 13.8 Å². The Morgan fingerprint density at radius 3 is 2.50 bits per heavy atom. The van der Waals surface area contributed by atoms with E-state index in [0.29, 0.717) is 5.02 Å². The Labute approximate surface area is 116 Å². The molecule has 1 aromatic rings. The molecule has 0 fully saturated rings. The van der Waals surface area contributed by atoms with Gasteiger partial charge in [0.15, 0.2) is 0 Å². The standard InChI is InChI=1S/C11H13Cl2NO3S/c1-7(2)6-18(16,17)14-11(15)9-5-8(12)3-4-10(9)13/h3-5,7H,6H2,1-2H3,(H,14,15). The van der Waals surface area contributed by atoms with Crippen LogP contribution in [0.25, 0.3) is 0 Å². The van der Waals surface area contributed by atoms with Crippen LogP contribution in [0.5, 0.6) is 0 Å². The topological polar surface area (TPSA) is 63.2 Å². The van der Waals surface area contributed by atoms with Gasteiger partial charge in [-0.05, 0) is 24.1 Å². The van der Waals surface area contributed by atoms with Gasteiger partial charge in [0.2, 0.25) is 10.0 Å². The van der Waals surface area contributed by atoms with Gasteiger partial charge in [-0.15, -0.1) is 0 Å². The van der Waals surface area contributed by atoms with Crippen LogP contribution in [-0.4, -0.2) is 20.1 Å². The summed E-state index contributed by atoms with van der Waals surface area (Å²) < 4.78 is 25.2. The molecule has 100 valence electrons. The maximum absolute atomic E-state index is 11.8. The molecular formula is C11H13Cl2NO3S. The molecule has 4 nitrogen and oxygen atoms in total. The number of halogens is 2. The zero-order valence-corrected chi connectivity index (χ0v) is 12.2. The van der Waals surface area contributed by atoms with E-state index in [9.17, 15) is 13.2 Å². The lowest BCUT2D eigenvalue weighted by molar-refractivity contribution is 0.0981. The van der Waals surface area contributed by atoms with Gasteiger partial charge in [0, 0.05) is 5.02 Å². The van der Waals surface area contributed by atoms with Crippen molar-refractivity contribution in [2.24, 2.45) is 5.92 Å². The van der Waals surface area contributed by atoms with Crippen molar-refractivity contribution >= 4 is 39.1 Å². The Morgan fingerprint density at radius 2 is 1.94 bits per heavy atom. The molecule has 0 aliphatic heterocycles. The molecule has 0 spiro atoms. The van der Waals surface area contributed by atoms with Crippen molar-refractivity contribution in [1.29, 1.82) is 0 Å². The third kappa shape index (κ3) is 4.48. The highest BCUT2D eigenvalue weighted by molar-refractivity contribution is 7.90. The Hall–Kier alpha value is -0.780. The van der Waals surface area contributed by atoms with E-state index in [4.69, 9.17) is 23.2 Å². The fourth-order valence-electron chi connectivity index (χ4n) is 1.35. The third-order valence-corrected chi connectivity index (χ3v) is 4.14. The molecule has 1 rings (SSSR count). The van der Waals surface area contributed by atoms with E-state index in [-0.39, 0.29) is 22.3 Å². The largest absolute Gasteiger partial charge is 0.268 e. The zero-order chi connectivity index (χ0) is 13.9. The molecule has 0 aliphatic rings. The van der Waals surface area contributed by atoms with Crippen LogP contribution in [0.3, 0.4) is 0 Å². The summed E-state index contributed by atoms with van der Waals surface area (Å²) in [7, 11) is -3.66. The van der Waals surface area contributed by atoms with Crippen LogP contribution in [0.2, 0.25) is 10.0 Å². The second-order valence-electron chi connectivity index (χ2n) is 4.23. The van der Waals surface area contributed by atoms with Gasteiger partial charge in [-0.1, -0.05) is 37.0 Å². The Morgan fingerprint density at radius 1 is 1.33 bits per heavy atom. The van der Waals surface area contributed by atoms with E-state index in [1.807, 2.05) is 4.72 Å². The van der Waals surface area contributed by atoms with E-state index < -0.39 is 15.9 Å². The number of carbonyl (C=O) groups is 1. The molecule has 0 heterocycles. The first-order valence-corrected chi connectivity index (χ1v) is 7.62. The molecule has 0 radical (unpaired) electrons. The molecule has 1 amide bonds. The van der Waals surface area contributed by atoms with E-state index >= 15 is 0 Å². The summed E-state index contributed by atoms with van der Waals surface area (Å²) in [5, 5.41) is 0.461. The highest BCUT2D eigenvalue weighted by Crippen LogP contribution is 2.20. The van der Waals surface area contributed by atoms with Gasteiger partial charge in [0.05, 0.1) is 16.3 Å². The minimum absolute atomic E-state index is 0.0384. The SMILES string of the molecule is CC(C)CS(=O)(=O)NC(=O)c1cc(Cl)ccc1Cl. The summed E-state index contributed by atoms with van der Waals surface area (Å²) in [5.74, 6) is -0.981. The van der Waals surface area contributed by atoms with E-state index in [0.717, 1.165) is 0 Å². The van der Waals surface area contributed by atoms with E-state index in [1.165, 1.54) is 18.2 Å². The van der Waals surface area contributed by atoms with Gasteiger partial charge < -0.3 is 0 Å². The molecule has 0 atom stereocenters. The summed E-state index contributed by atoms with van der Waals surface area (Å²) in [4.78, 5) is 11.8. The van der Waals surface area contributed by atoms with Crippen LogP contribution in [-0.2, 0) is 10.0 Å². The molecule has 0 aliphatic carbocycles. The predicted molar refractivity (Wildman–Crippen MR) is 72.6 cm³/mol. The number of amides is 1. The van der Waals surface area contributed by atoms with Crippen LogP contribution in [0.1, 0.15) is 24.2 Å². The number of hydrogen-bond acceptors (Lipinski definition) is 3. The Bertz CT molecular complexity index is 555. The number of rotatable bonds is 4. The highest BCUT2D eigenvalue weighted by Gasteiger charge is 2.19. The number of sulfonamides is 1. The maximum atomic E-state index is 11.8. The van der Waals surface area contributed by atoms with E-state index in [1.54, 1.807) is 13.8 Å². The zero-order valence-electron chi connectivity index (χ0n) is 9.91. The molecule has 0 unspecified atom stereocenters. The van der Waals surface area contributed by atoms with Gasteiger partial charge in [0.25, 0.3) is 5.91 Å². The molecular weight excluding hydrogens is 297 g/mol. The monoisotopic (exact) mass is 309 g/mol. The van der Waals surface area contributed by atoms with Crippen molar-refractivity contribution in [3.05, 3.63) is 33.8 Å². The minimum atomic E-state index is -3.66. The van der Waals surface area contributed by atoms with Gasteiger partial charge in [-0.2, -0.15) is 0 Å². The number of benzene rings is 1. The lowest BCUT2D eigenvalue weighted by atomic mass is 10.2. The number of carbonyl (C=O) groups excluding carboxylic acids is 1. The third-order valence-electron chi connectivity index (χ3n) is 1.97. The molecule has 18 heavy (non-hydrogen) atoms. The smallest absolute Gasteiger partial charge is 0.266 e. The van der Waals surface area contributed by atoms with Crippen LogP contribution in [0, 0.1) is 5.92 Å². The molecule has 1 N–H and O–H groups in total. The molecule has 7 heteroatoms.